The van der Waals surface area contributed by atoms with E-state index in [1.807, 2.05) is 31.2 Å². The van der Waals surface area contributed by atoms with Gasteiger partial charge in [0.15, 0.2) is 11.5 Å². The summed E-state index contributed by atoms with van der Waals surface area (Å²) in [5.41, 5.74) is 7.88. The van der Waals surface area contributed by atoms with Crippen molar-refractivity contribution in [1.82, 2.24) is 4.90 Å². The van der Waals surface area contributed by atoms with Crippen molar-refractivity contribution in [3.63, 3.8) is 0 Å². The Morgan fingerprint density at radius 1 is 0.900 bits per heavy atom. The van der Waals surface area contributed by atoms with Gasteiger partial charge >= 0.3 is 5.97 Å². The van der Waals surface area contributed by atoms with Crippen LogP contribution in [0.4, 0.5) is 0 Å². The molecule has 0 saturated heterocycles. The van der Waals surface area contributed by atoms with Crippen molar-refractivity contribution in [1.29, 1.82) is 0 Å². The number of primary amides is 1. The largest absolute Gasteiger partial charge is 0.494 e. The zero-order valence-electron chi connectivity index (χ0n) is 23.0. The molecule has 3 aromatic rings. The average molecular weight is 551 g/mol. The maximum absolute atomic E-state index is 13.8. The molecule has 0 spiro atoms. The van der Waals surface area contributed by atoms with Crippen molar-refractivity contribution in [2.45, 2.75) is 32.4 Å². The van der Waals surface area contributed by atoms with Gasteiger partial charge in [-0.25, -0.2) is 4.79 Å². The molecule has 3 rings (SSSR count). The maximum atomic E-state index is 13.8. The molecular formula is C30H34N2O8. The van der Waals surface area contributed by atoms with Gasteiger partial charge in [0.25, 0.3) is 5.91 Å². The topological polar surface area (TPSA) is 138 Å². The number of hydrogen-bond acceptors (Lipinski definition) is 7. The molecule has 10 nitrogen and oxygen atoms in total. The molecule has 0 fully saturated rings. The van der Waals surface area contributed by atoms with E-state index in [1.165, 1.54) is 26.2 Å². The van der Waals surface area contributed by atoms with Gasteiger partial charge in [0, 0.05) is 18.5 Å². The average Bonchev–Trinajstić information content (AvgIpc) is 2.95. The molecule has 212 valence electrons. The number of methoxy groups -OCH3 is 3. The van der Waals surface area contributed by atoms with Crippen molar-refractivity contribution < 1.29 is 38.4 Å². The Morgan fingerprint density at radius 3 is 2.08 bits per heavy atom. The van der Waals surface area contributed by atoms with Crippen molar-refractivity contribution in [3.05, 3.63) is 71.8 Å². The second-order valence-corrected chi connectivity index (χ2v) is 8.86. The highest BCUT2D eigenvalue weighted by molar-refractivity contribution is 5.97. The predicted octanol–water partition coefficient (Wildman–Crippen LogP) is 4.14. The zero-order valence-corrected chi connectivity index (χ0v) is 23.0. The number of amides is 2. The molecule has 3 aromatic carbocycles. The summed E-state index contributed by atoms with van der Waals surface area (Å²) < 4.78 is 21.8. The number of nitrogens with two attached hydrogens (primary N) is 1. The monoisotopic (exact) mass is 550 g/mol. The first kappa shape index (κ1) is 29.8. The molecule has 0 bridgehead atoms. The van der Waals surface area contributed by atoms with Crippen molar-refractivity contribution in [3.8, 4) is 34.1 Å². The van der Waals surface area contributed by atoms with Gasteiger partial charge in [0.2, 0.25) is 11.7 Å². The van der Waals surface area contributed by atoms with Gasteiger partial charge in [0.05, 0.1) is 27.9 Å². The quantitative estimate of drug-likeness (QED) is 0.306. The van der Waals surface area contributed by atoms with Crippen LogP contribution < -0.4 is 24.7 Å². The lowest BCUT2D eigenvalue weighted by Gasteiger charge is -2.29. The van der Waals surface area contributed by atoms with Gasteiger partial charge < -0.3 is 34.7 Å². The maximum Gasteiger partial charge on any atom is 0.326 e. The molecule has 0 saturated carbocycles. The Labute approximate surface area is 233 Å². The van der Waals surface area contributed by atoms with E-state index in [1.54, 1.807) is 36.4 Å². The second kappa shape index (κ2) is 13.9. The third-order valence-corrected chi connectivity index (χ3v) is 6.27. The Hall–Kier alpha value is -4.73. The van der Waals surface area contributed by atoms with Crippen LogP contribution >= 0.6 is 0 Å². The zero-order chi connectivity index (χ0) is 29.2. The third kappa shape index (κ3) is 7.22. The number of rotatable bonds is 14. The van der Waals surface area contributed by atoms with Crippen LogP contribution in [-0.4, -0.2) is 61.8 Å². The first-order chi connectivity index (χ1) is 19.2. The van der Waals surface area contributed by atoms with E-state index in [0.29, 0.717) is 29.4 Å². The number of carbonyl (C=O) groups is 3. The number of aliphatic carboxylic acids is 1. The summed E-state index contributed by atoms with van der Waals surface area (Å²) in [4.78, 5) is 38.8. The van der Waals surface area contributed by atoms with Gasteiger partial charge in [0.1, 0.15) is 11.8 Å². The highest BCUT2D eigenvalue weighted by Gasteiger charge is 2.31. The molecule has 10 heteroatoms. The fourth-order valence-corrected chi connectivity index (χ4v) is 4.34. The van der Waals surface area contributed by atoms with Crippen molar-refractivity contribution in [2.75, 3.05) is 27.9 Å². The van der Waals surface area contributed by atoms with E-state index in [9.17, 15) is 19.5 Å². The van der Waals surface area contributed by atoms with Gasteiger partial charge in [-0.05, 0) is 66.4 Å². The lowest BCUT2D eigenvalue weighted by Crippen LogP contribution is -2.45. The first-order valence-corrected chi connectivity index (χ1v) is 12.7. The molecule has 0 unspecified atom stereocenters. The van der Waals surface area contributed by atoms with Gasteiger partial charge in [-0.2, -0.15) is 0 Å². The number of benzene rings is 3. The Balaban J connectivity index is 2.00. The number of carboxylic acid groups (broad SMARTS) is 1. The summed E-state index contributed by atoms with van der Waals surface area (Å²) >= 11 is 0. The molecule has 2 amide bonds. The third-order valence-electron chi connectivity index (χ3n) is 6.27. The Morgan fingerprint density at radius 2 is 1.55 bits per heavy atom. The van der Waals surface area contributed by atoms with Crippen LogP contribution in [0.15, 0.2) is 60.7 Å². The van der Waals surface area contributed by atoms with Crippen molar-refractivity contribution in [2.24, 2.45) is 5.73 Å². The standard InChI is InChI=1S/C30H34N2O8/c1-5-40-23-8-6-7-22(17-23)20-9-11-21(12-10-20)29(34)32(24(30(35)36)13-14-27(31)33)18-19-15-25(37-2)28(39-4)26(16-19)38-3/h6-12,15-17,24H,5,13-14,18H2,1-4H3,(H2,31,33)(H,35,36)/t24-/m0/s1. The summed E-state index contributed by atoms with van der Waals surface area (Å²) in [7, 11) is 4.39. The number of nitrogens with zero attached hydrogens (tertiary/aromatic N) is 1. The molecule has 0 aliphatic rings. The fourth-order valence-electron chi connectivity index (χ4n) is 4.34. The summed E-state index contributed by atoms with van der Waals surface area (Å²) in [5, 5.41) is 10.0. The van der Waals surface area contributed by atoms with E-state index in [0.717, 1.165) is 16.9 Å². The summed E-state index contributed by atoms with van der Waals surface area (Å²) in [6, 6.07) is 16.4. The molecule has 0 aliphatic heterocycles. The van der Waals surface area contributed by atoms with Gasteiger partial charge in [-0.15, -0.1) is 0 Å². The van der Waals surface area contributed by atoms with Crippen LogP contribution in [0.25, 0.3) is 11.1 Å². The minimum atomic E-state index is -1.32. The summed E-state index contributed by atoms with van der Waals surface area (Å²) in [6.45, 7) is 2.34. The predicted molar refractivity (Wildman–Crippen MR) is 149 cm³/mol. The van der Waals surface area contributed by atoms with Crippen LogP contribution in [0, 0.1) is 0 Å². The second-order valence-electron chi connectivity index (χ2n) is 8.86. The normalized spacial score (nSPS) is 11.3. The number of carboxylic acids is 1. The molecule has 0 aromatic heterocycles. The highest BCUT2D eigenvalue weighted by atomic mass is 16.5. The molecule has 0 aliphatic carbocycles. The first-order valence-electron chi connectivity index (χ1n) is 12.7. The number of hydrogen-bond donors (Lipinski definition) is 2. The van der Waals surface area contributed by atoms with E-state index in [4.69, 9.17) is 24.7 Å². The molecule has 1 atom stereocenters. The van der Waals surface area contributed by atoms with Crippen LogP contribution in [0.3, 0.4) is 0 Å². The summed E-state index contributed by atoms with van der Waals surface area (Å²) in [6.07, 6.45) is -0.353. The molecule has 3 N–H and O–H groups in total. The highest BCUT2D eigenvalue weighted by Crippen LogP contribution is 2.39. The van der Waals surface area contributed by atoms with Gasteiger partial charge in [-0.3, -0.25) is 9.59 Å². The van der Waals surface area contributed by atoms with Crippen LogP contribution in [0.5, 0.6) is 23.0 Å². The SMILES string of the molecule is CCOc1cccc(-c2ccc(C(=O)N(Cc3cc(OC)c(OC)c(OC)c3)[C@@H](CCC(N)=O)C(=O)O)cc2)c1. The fraction of sp³-hybridized carbons (Fsp3) is 0.300. The van der Waals surface area contributed by atoms with Gasteiger partial charge in [-0.1, -0.05) is 24.3 Å². The molecule has 0 heterocycles. The smallest absolute Gasteiger partial charge is 0.326 e. The minimum absolute atomic E-state index is 0.108. The molecular weight excluding hydrogens is 516 g/mol. The van der Waals surface area contributed by atoms with Crippen LogP contribution in [-0.2, 0) is 16.1 Å². The minimum Gasteiger partial charge on any atom is -0.494 e. The Bertz CT molecular complexity index is 1310. The van der Waals surface area contributed by atoms with E-state index in [2.05, 4.69) is 0 Å². The number of ether oxygens (including phenoxy) is 4. The molecule has 40 heavy (non-hydrogen) atoms. The Kier molecular flexibility index (Phi) is 10.4. The summed E-state index contributed by atoms with van der Waals surface area (Å²) in [5.74, 6) is -0.648. The van der Waals surface area contributed by atoms with Crippen LogP contribution in [0.2, 0.25) is 0 Å². The van der Waals surface area contributed by atoms with E-state index >= 15 is 0 Å². The lowest BCUT2D eigenvalue weighted by molar-refractivity contribution is -0.143. The van der Waals surface area contributed by atoms with Crippen LogP contribution in [0.1, 0.15) is 35.7 Å². The number of carbonyl (C=O) groups excluding carboxylic acids is 2. The van der Waals surface area contributed by atoms with E-state index < -0.39 is 23.8 Å². The lowest BCUT2D eigenvalue weighted by atomic mass is 10.0. The molecule has 0 radical (unpaired) electrons. The van der Waals surface area contributed by atoms with Crippen molar-refractivity contribution >= 4 is 17.8 Å². The van der Waals surface area contributed by atoms with E-state index in [-0.39, 0.29) is 24.9 Å².